The standard InChI is InChI=1S/C32H27ClN2O6/c1-4-40-23-13-11-22(12-14-23)35-31(37)25(30(36)34-32(35)38)15-20-16-27(33)29(28(17-20)39-3)41-18-26-19(2)9-10-21-7-5-6-8-24(21)26/h5-17H,4,18H2,1-3H3,(H,34,36,38)/b25-15+. The van der Waals surface area contributed by atoms with Gasteiger partial charge in [-0.25, -0.2) is 9.69 Å². The number of rotatable bonds is 8. The average Bonchev–Trinajstić information content (AvgIpc) is 2.96. The number of anilines is 1. The van der Waals surface area contributed by atoms with Gasteiger partial charge in [0, 0.05) is 5.56 Å². The molecule has 0 saturated carbocycles. The predicted octanol–water partition coefficient (Wildman–Crippen LogP) is 6.45. The number of benzene rings is 4. The molecule has 0 spiro atoms. The van der Waals surface area contributed by atoms with E-state index in [0.29, 0.717) is 29.4 Å². The lowest BCUT2D eigenvalue weighted by Crippen LogP contribution is -2.54. The summed E-state index contributed by atoms with van der Waals surface area (Å²) >= 11 is 6.62. The first-order valence-corrected chi connectivity index (χ1v) is 13.3. The molecule has 4 amide bonds. The Balaban J connectivity index is 1.43. The second-order valence-corrected chi connectivity index (χ2v) is 9.70. The molecule has 1 heterocycles. The van der Waals surface area contributed by atoms with Gasteiger partial charge in [0.1, 0.15) is 17.9 Å². The number of amides is 4. The minimum absolute atomic E-state index is 0.234. The summed E-state index contributed by atoms with van der Waals surface area (Å²) in [5, 5.41) is 4.64. The van der Waals surface area contributed by atoms with E-state index in [1.807, 2.05) is 44.2 Å². The Bertz CT molecular complexity index is 1700. The van der Waals surface area contributed by atoms with E-state index in [4.69, 9.17) is 25.8 Å². The first-order chi connectivity index (χ1) is 19.8. The summed E-state index contributed by atoms with van der Waals surface area (Å²) in [6, 6.07) is 20.9. The van der Waals surface area contributed by atoms with E-state index >= 15 is 0 Å². The Labute approximate surface area is 242 Å². The maximum atomic E-state index is 13.3. The number of nitrogens with zero attached hydrogens (tertiary/aromatic N) is 1. The average molecular weight is 571 g/mol. The molecule has 0 aliphatic carbocycles. The van der Waals surface area contributed by atoms with Gasteiger partial charge in [0.25, 0.3) is 11.8 Å². The van der Waals surface area contributed by atoms with E-state index in [9.17, 15) is 14.4 Å². The molecule has 0 bridgehead atoms. The van der Waals surface area contributed by atoms with E-state index in [0.717, 1.165) is 26.8 Å². The van der Waals surface area contributed by atoms with Crippen molar-refractivity contribution in [2.24, 2.45) is 0 Å². The number of urea groups is 1. The Morgan fingerprint density at radius 3 is 2.44 bits per heavy atom. The number of nitrogens with one attached hydrogen (secondary N) is 1. The van der Waals surface area contributed by atoms with Crippen LogP contribution >= 0.6 is 11.6 Å². The van der Waals surface area contributed by atoms with Gasteiger partial charge in [-0.3, -0.25) is 14.9 Å². The molecule has 1 N–H and O–H groups in total. The van der Waals surface area contributed by atoms with Crippen molar-refractivity contribution in [1.29, 1.82) is 0 Å². The molecule has 4 aromatic rings. The van der Waals surface area contributed by atoms with E-state index in [-0.39, 0.29) is 22.9 Å². The number of fused-ring (bicyclic) bond motifs is 1. The van der Waals surface area contributed by atoms with Crippen molar-refractivity contribution < 1.29 is 28.6 Å². The molecule has 4 aromatic carbocycles. The third-order valence-corrected chi connectivity index (χ3v) is 6.99. The molecular weight excluding hydrogens is 544 g/mol. The number of imide groups is 2. The predicted molar refractivity (Wildman–Crippen MR) is 158 cm³/mol. The van der Waals surface area contributed by atoms with Gasteiger partial charge in [-0.1, -0.05) is 48.0 Å². The van der Waals surface area contributed by atoms with Gasteiger partial charge < -0.3 is 14.2 Å². The van der Waals surface area contributed by atoms with Gasteiger partial charge in [0.15, 0.2) is 11.5 Å². The largest absolute Gasteiger partial charge is 0.494 e. The number of halogens is 1. The van der Waals surface area contributed by atoms with Crippen LogP contribution in [-0.2, 0) is 16.2 Å². The van der Waals surface area contributed by atoms with Gasteiger partial charge in [-0.15, -0.1) is 0 Å². The summed E-state index contributed by atoms with van der Waals surface area (Å²) in [4.78, 5) is 39.5. The van der Waals surface area contributed by atoms with Gasteiger partial charge in [0.05, 0.1) is 24.4 Å². The smallest absolute Gasteiger partial charge is 0.335 e. The third-order valence-electron chi connectivity index (χ3n) is 6.71. The molecule has 5 rings (SSSR count). The Morgan fingerprint density at radius 1 is 0.951 bits per heavy atom. The number of hydrogen-bond acceptors (Lipinski definition) is 6. The van der Waals surface area contributed by atoms with Crippen LogP contribution in [0.4, 0.5) is 10.5 Å². The lowest BCUT2D eigenvalue weighted by Gasteiger charge is -2.26. The zero-order valence-corrected chi connectivity index (χ0v) is 23.5. The van der Waals surface area contributed by atoms with Gasteiger partial charge >= 0.3 is 6.03 Å². The number of carbonyl (C=O) groups excluding carboxylic acids is 3. The van der Waals surface area contributed by atoms with E-state index < -0.39 is 17.8 Å². The monoisotopic (exact) mass is 570 g/mol. The van der Waals surface area contributed by atoms with Crippen LogP contribution < -0.4 is 24.4 Å². The highest BCUT2D eigenvalue weighted by Gasteiger charge is 2.37. The van der Waals surface area contributed by atoms with Crippen molar-refractivity contribution in [3.8, 4) is 17.2 Å². The number of ether oxygens (including phenoxy) is 3. The van der Waals surface area contributed by atoms with Crippen LogP contribution in [-0.4, -0.2) is 31.6 Å². The SMILES string of the molecule is CCOc1ccc(N2C(=O)NC(=O)/C(=C\c3cc(Cl)c(OCc4c(C)ccc5ccccc45)c(OC)c3)C2=O)cc1. The van der Waals surface area contributed by atoms with E-state index in [2.05, 4.69) is 11.4 Å². The van der Waals surface area contributed by atoms with Crippen LogP contribution in [0.15, 0.2) is 78.4 Å². The molecule has 0 aromatic heterocycles. The molecular formula is C32H27ClN2O6. The molecule has 8 nitrogen and oxygen atoms in total. The number of aryl methyl sites for hydroxylation is 1. The molecule has 41 heavy (non-hydrogen) atoms. The lowest BCUT2D eigenvalue weighted by molar-refractivity contribution is -0.122. The molecule has 9 heteroatoms. The van der Waals surface area contributed by atoms with Crippen molar-refractivity contribution in [2.45, 2.75) is 20.5 Å². The van der Waals surface area contributed by atoms with Crippen LogP contribution in [0.5, 0.6) is 17.2 Å². The van der Waals surface area contributed by atoms with Gasteiger partial charge in [0.2, 0.25) is 0 Å². The highest BCUT2D eigenvalue weighted by molar-refractivity contribution is 6.39. The molecule has 0 unspecified atom stereocenters. The molecule has 208 valence electrons. The summed E-state index contributed by atoms with van der Waals surface area (Å²) in [6.07, 6.45) is 1.36. The molecule has 1 fully saturated rings. The number of hydrogen-bond donors (Lipinski definition) is 1. The maximum absolute atomic E-state index is 13.3. The van der Waals surface area contributed by atoms with Crippen molar-refractivity contribution in [3.63, 3.8) is 0 Å². The number of carbonyl (C=O) groups is 3. The van der Waals surface area contributed by atoms with Crippen molar-refractivity contribution in [1.82, 2.24) is 5.32 Å². The fourth-order valence-corrected chi connectivity index (χ4v) is 4.93. The van der Waals surface area contributed by atoms with Crippen LogP contribution in [0.25, 0.3) is 16.8 Å². The fourth-order valence-electron chi connectivity index (χ4n) is 4.66. The van der Waals surface area contributed by atoms with Crippen molar-refractivity contribution in [3.05, 3.63) is 100 Å². The van der Waals surface area contributed by atoms with Gasteiger partial charge in [-0.05, 0) is 78.2 Å². The summed E-state index contributed by atoms with van der Waals surface area (Å²) in [5.74, 6) is -0.346. The van der Waals surface area contributed by atoms with Gasteiger partial charge in [-0.2, -0.15) is 0 Å². The summed E-state index contributed by atoms with van der Waals surface area (Å²) in [6.45, 7) is 4.60. The number of methoxy groups -OCH3 is 1. The Hall–Kier alpha value is -4.82. The zero-order chi connectivity index (χ0) is 29.1. The van der Waals surface area contributed by atoms with E-state index in [1.165, 1.54) is 13.2 Å². The summed E-state index contributed by atoms with van der Waals surface area (Å²) < 4.78 is 17.1. The van der Waals surface area contributed by atoms with Crippen LogP contribution in [0.3, 0.4) is 0 Å². The summed E-state index contributed by atoms with van der Waals surface area (Å²) in [7, 11) is 1.48. The molecule has 1 saturated heterocycles. The highest BCUT2D eigenvalue weighted by atomic mass is 35.5. The molecule has 1 aliphatic rings. The third kappa shape index (κ3) is 5.60. The second-order valence-electron chi connectivity index (χ2n) is 9.29. The quantitative estimate of drug-likeness (QED) is 0.193. The maximum Gasteiger partial charge on any atom is 0.335 e. The lowest BCUT2D eigenvalue weighted by atomic mass is 10.0. The Morgan fingerprint density at radius 2 is 1.71 bits per heavy atom. The van der Waals surface area contributed by atoms with Crippen molar-refractivity contribution in [2.75, 3.05) is 18.6 Å². The second kappa shape index (κ2) is 11.7. The normalized spacial score (nSPS) is 14.4. The first kappa shape index (κ1) is 27.7. The topological polar surface area (TPSA) is 94.2 Å². The van der Waals surface area contributed by atoms with Crippen molar-refractivity contribution >= 4 is 52.0 Å². The molecule has 1 aliphatic heterocycles. The first-order valence-electron chi connectivity index (χ1n) is 12.9. The highest BCUT2D eigenvalue weighted by Crippen LogP contribution is 2.38. The number of barbiturate groups is 1. The molecule has 0 atom stereocenters. The minimum Gasteiger partial charge on any atom is -0.494 e. The zero-order valence-electron chi connectivity index (χ0n) is 22.7. The minimum atomic E-state index is -0.843. The van der Waals surface area contributed by atoms with Crippen LogP contribution in [0.1, 0.15) is 23.6 Å². The Kier molecular flexibility index (Phi) is 7.94. The van der Waals surface area contributed by atoms with Crippen LogP contribution in [0, 0.1) is 6.92 Å². The molecule has 0 radical (unpaired) electrons. The van der Waals surface area contributed by atoms with E-state index in [1.54, 1.807) is 36.4 Å². The fraction of sp³-hybridized carbons (Fsp3) is 0.156. The summed E-state index contributed by atoms with van der Waals surface area (Å²) in [5.41, 5.74) is 2.57. The van der Waals surface area contributed by atoms with Crippen LogP contribution in [0.2, 0.25) is 5.02 Å².